The number of halogens is 3. The van der Waals surface area contributed by atoms with Gasteiger partial charge in [-0.1, -0.05) is 17.7 Å². The van der Waals surface area contributed by atoms with Crippen molar-refractivity contribution in [2.45, 2.75) is 0 Å². The topological polar surface area (TPSA) is 41.6 Å². The zero-order valence-electron chi connectivity index (χ0n) is 11.1. The molecule has 0 spiro atoms. The first-order valence-corrected chi connectivity index (χ1v) is 6.68. The van der Waals surface area contributed by atoms with Crippen LogP contribution in [0.4, 0.5) is 8.78 Å². The van der Waals surface area contributed by atoms with Gasteiger partial charge in [0.05, 0.1) is 11.4 Å². The molecule has 0 bridgehead atoms. The summed E-state index contributed by atoms with van der Waals surface area (Å²) in [5.74, 6) is -1.18. The third-order valence-corrected chi connectivity index (χ3v) is 3.32. The number of rotatable bonds is 2. The van der Waals surface area contributed by atoms with E-state index in [2.05, 4.69) is 5.10 Å². The summed E-state index contributed by atoms with van der Waals surface area (Å²) in [6, 6.07) is 13.1. The maximum atomic E-state index is 14.0. The second-order valence-corrected chi connectivity index (χ2v) is 4.98. The molecule has 0 aliphatic rings. The molecule has 0 radical (unpaired) electrons. The van der Waals surface area contributed by atoms with Crippen LogP contribution < -0.4 is 0 Å². The molecule has 0 saturated carbocycles. The Labute approximate surface area is 130 Å². The monoisotopic (exact) mass is 315 g/mol. The summed E-state index contributed by atoms with van der Waals surface area (Å²) in [5, 5.41) is 13.6. The fraction of sp³-hybridized carbons (Fsp3) is 0. The quantitative estimate of drug-likeness (QED) is 0.705. The van der Waals surface area contributed by atoms with Gasteiger partial charge in [-0.3, -0.25) is 0 Å². The molecule has 0 amide bonds. The predicted molar refractivity (Wildman–Crippen MR) is 78.6 cm³/mol. The Bertz CT molecular complexity index is 897. The average Bonchev–Trinajstić information content (AvgIpc) is 2.94. The van der Waals surface area contributed by atoms with Crippen molar-refractivity contribution >= 4 is 11.6 Å². The molecule has 2 aromatic carbocycles. The van der Waals surface area contributed by atoms with Gasteiger partial charge in [0.1, 0.15) is 17.7 Å². The van der Waals surface area contributed by atoms with Gasteiger partial charge in [-0.25, -0.2) is 13.5 Å². The predicted octanol–water partition coefficient (Wildman–Crippen LogP) is 4.34. The van der Waals surface area contributed by atoms with Gasteiger partial charge < -0.3 is 0 Å². The van der Waals surface area contributed by atoms with Crippen LogP contribution in [0.25, 0.3) is 16.9 Å². The number of benzene rings is 2. The minimum atomic E-state index is -0.603. The molecule has 0 atom stereocenters. The van der Waals surface area contributed by atoms with Crippen LogP contribution in [0.2, 0.25) is 5.02 Å². The first kappa shape index (κ1) is 14.2. The van der Waals surface area contributed by atoms with Crippen LogP contribution in [-0.4, -0.2) is 9.78 Å². The first-order valence-electron chi connectivity index (χ1n) is 6.30. The lowest BCUT2D eigenvalue weighted by atomic mass is 10.1. The van der Waals surface area contributed by atoms with Crippen LogP contribution >= 0.6 is 11.6 Å². The van der Waals surface area contributed by atoms with E-state index in [9.17, 15) is 8.78 Å². The zero-order chi connectivity index (χ0) is 15.7. The Kier molecular flexibility index (Phi) is 3.61. The molecule has 3 nitrogen and oxygen atoms in total. The lowest BCUT2D eigenvalue weighted by Gasteiger charge is -2.08. The van der Waals surface area contributed by atoms with Crippen molar-refractivity contribution in [3.05, 3.63) is 70.9 Å². The summed E-state index contributed by atoms with van der Waals surface area (Å²) in [7, 11) is 0. The number of aromatic nitrogens is 2. The van der Waals surface area contributed by atoms with E-state index in [-0.39, 0.29) is 17.0 Å². The highest BCUT2D eigenvalue weighted by molar-refractivity contribution is 6.30. The van der Waals surface area contributed by atoms with E-state index in [1.54, 1.807) is 24.3 Å². The molecule has 6 heteroatoms. The van der Waals surface area contributed by atoms with Gasteiger partial charge in [0.15, 0.2) is 5.69 Å². The third kappa shape index (κ3) is 2.57. The SMILES string of the molecule is N#Cc1cc(-c2cc(F)ccc2F)n(-c2cccc(Cl)c2)n1. The van der Waals surface area contributed by atoms with Crippen LogP contribution in [0.3, 0.4) is 0 Å². The van der Waals surface area contributed by atoms with E-state index in [0.29, 0.717) is 10.7 Å². The van der Waals surface area contributed by atoms with Crippen molar-refractivity contribution in [1.82, 2.24) is 9.78 Å². The molecule has 108 valence electrons. The molecule has 1 aromatic heterocycles. The van der Waals surface area contributed by atoms with Crippen LogP contribution in [0.15, 0.2) is 48.5 Å². The minimum Gasteiger partial charge on any atom is -0.232 e. The highest BCUT2D eigenvalue weighted by Crippen LogP contribution is 2.28. The van der Waals surface area contributed by atoms with Gasteiger partial charge >= 0.3 is 0 Å². The number of nitrogens with zero attached hydrogens (tertiary/aromatic N) is 3. The minimum absolute atomic E-state index is 0.0222. The first-order chi connectivity index (χ1) is 10.6. The van der Waals surface area contributed by atoms with Gasteiger partial charge in [0, 0.05) is 16.7 Å². The molecule has 0 aliphatic heterocycles. The van der Waals surface area contributed by atoms with Crippen LogP contribution in [0.5, 0.6) is 0 Å². The average molecular weight is 316 g/mol. The van der Waals surface area contributed by atoms with Crippen LogP contribution in [0.1, 0.15) is 5.69 Å². The van der Waals surface area contributed by atoms with Gasteiger partial charge in [-0.2, -0.15) is 10.4 Å². The van der Waals surface area contributed by atoms with Crippen molar-refractivity contribution in [3.63, 3.8) is 0 Å². The molecule has 3 rings (SSSR count). The largest absolute Gasteiger partial charge is 0.232 e. The summed E-state index contributed by atoms with van der Waals surface area (Å²) in [6.45, 7) is 0. The smallest absolute Gasteiger partial charge is 0.163 e. The van der Waals surface area contributed by atoms with Crippen molar-refractivity contribution < 1.29 is 8.78 Å². The maximum Gasteiger partial charge on any atom is 0.163 e. The summed E-state index contributed by atoms with van der Waals surface area (Å²) >= 11 is 5.95. The van der Waals surface area contributed by atoms with E-state index >= 15 is 0 Å². The van der Waals surface area contributed by atoms with Crippen molar-refractivity contribution in [2.24, 2.45) is 0 Å². The molecule has 0 unspecified atom stereocenters. The molecular weight excluding hydrogens is 308 g/mol. The second kappa shape index (κ2) is 5.58. The fourth-order valence-electron chi connectivity index (χ4n) is 2.13. The fourth-order valence-corrected chi connectivity index (χ4v) is 2.31. The van der Waals surface area contributed by atoms with Gasteiger partial charge in [-0.05, 0) is 36.4 Å². The third-order valence-electron chi connectivity index (χ3n) is 3.08. The Morgan fingerprint density at radius 1 is 1.09 bits per heavy atom. The molecule has 22 heavy (non-hydrogen) atoms. The Balaban J connectivity index is 2.26. The second-order valence-electron chi connectivity index (χ2n) is 4.54. The van der Waals surface area contributed by atoms with Gasteiger partial charge in [-0.15, -0.1) is 0 Å². The van der Waals surface area contributed by atoms with Crippen molar-refractivity contribution in [3.8, 4) is 23.0 Å². The molecule has 0 N–H and O–H groups in total. The van der Waals surface area contributed by atoms with E-state index in [1.165, 1.54) is 10.7 Å². The van der Waals surface area contributed by atoms with Crippen LogP contribution in [-0.2, 0) is 0 Å². The molecular formula is C16H8ClF2N3. The molecule has 1 heterocycles. The van der Waals surface area contributed by atoms with Gasteiger partial charge in [0.2, 0.25) is 0 Å². The highest BCUT2D eigenvalue weighted by Gasteiger charge is 2.16. The highest BCUT2D eigenvalue weighted by atomic mass is 35.5. The van der Waals surface area contributed by atoms with E-state index in [4.69, 9.17) is 16.9 Å². The normalized spacial score (nSPS) is 10.5. The lowest BCUT2D eigenvalue weighted by molar-refractivity contribution is 0.602. The zero-order valence-corrected chi connectivity index (χ0v) is 11.9. The number of nitriles is 1. The molecule has 0 aliphatic carbocycles. The number of hydrogen-bond acceptors (Lipinski definition) is 2. The Hall–Kier alpha value is -2.71. The van der Waals surface area contributed by atoms with Crippen LogP contribution in [0, 0.1) is 23.0 Å². The Morgan fingerprint density at radius 2 is 1.91 bits per heavy atom. The summed E-state index contributed by atoms with van der Waals surface area (Å²) in [4.78, 5) is 0. The molecule has 3 aromatic rings. The summed E-state index contributed by atoms with van der Waals surface area (Å²) in [5.41, 5.74) is 0.941. The van der Waals surface area contributed by atoms with E-state index in [0.717, 1.165) is 18.2 Å². The lowest BCUT2D eigenvalue weighted by Crippen LogP contribution is -2.00. The maximum absolute atomic E-state index is 14.0. The van der Waals surface area contributed by atoms with E-state index < -0.39 is 11.6 Å². The molecule has 0 fully saturated rings. The number of hydrogen-bond donors (Lipinski definition) is 0. The summed E-state index contributed by atoms with van der Waals surface area (Å²) < 4.78 is 28.8. The Morgan fingerprint density at radius 3 is 2.64 bits per heavy atom. The summed E-state index contributed by atoms with van der Waals surface area (Å²) in [6.07, 6.45) is 0. The molecule has 0 saturated heterocycles. The standard InChI is InChI=1S/C16H8ClF2N3/c17-10-2-1-3-13(6-10)22-16(8-12(9-20)21-22)14-7-11(18)4-5-15(14)19/h1-8H. The van der Waals surface area contributed by atoms with Crippen molar-refractivity contribution in [2.75, 3.05) is 0 Å². The van der Waals surface area contributed by atoms with Gasteiger partial charge in [0.25, 0.3) is 0 Å². The van der Waals surface area contributed by atoms with Crippen molar-refractivity contribution in [1.29, 1.82) is 5.26 Å². The van der Waals surface area contributed by atoms with E-state index in [1.807, 2.05) is 6.07 Å².